The number of aryl methyl sites for hydroxylation is 1. The van der Waals surface area contributed by atoms with Crippen LogP contribution in [-0.2, 0) is 7.05 Å². The zero-order valence-corrected chi connectivity index (χ0v) is 11.7. The molecular formula is C14H24N4. The number of nitrogens with zero attached hydrogens (tertiary/aromatic N) is 3. The Morgan fingerprint density at radius 1 is 1.39 bits per heavy atom. The van der Waals surface area contributed by atoms with Crippen LogP contribution >= 0.6 is 0 Å². The van der Waals surface area contributed by atoms with Gasteiger partial charge in [-0.2, -0.15) is 5.10 Å². The zero-order chi connectivity index (χ0) is 12.7. The molecule has 0 aliphatic carbocycles. The molecule has 0 amide bonds. The quantitative estimate of drug-likeness (QED) is 0.879. The van der Waals surface area contributed by atoms with Crippen molar-refractivity contribution in [1.29, 1.82) is 0 Å². The van der Waals surface area contributed by atoms with E-state index in [0.29, 0.717) is 12.1 Å². The lowest BCUT2D eigenvalue weighted by atomic mass is 9.83. The first-order chi connectivity index (χ1) is 8.65. The van der Waals surface area contributed by atoms with E-state index in [2.05, 4.69) is 29.2 Å². The normalized spacial score (nSPS) is 32.7. The second kappa shape index (κ2) is 4.67. The fraction of sp³-hybridized carbons (Fsp3) is 0.786. The Bertz CT molecular complexity index is 417. The molecule has 2 bridgehead atoms. The predicted octanol–water partition coefficient (Wildman–Crippen LogP) is 1.47. The lowest BCUT2D eigenvalue weighted by Gasteiger charge is -2.46. The summed E-state index contributed by atoms with van der Waals surface area (Å²) in [7, 11) is 2.01. The van der Waals surface area contributed by atoms with Gasteiger partial charge in [0.05, 0.1) is 6.20 Å². The topological polar surface area (TPSA) is 33.1 Å². The predicted molar refractivity (Wildman–Crippen MR) is 72.4 cm³/mol. The van der Waals surface area contributed by atoms with Crippen molar-refractivity contribution in [2.45, 2.75) is 38.8 Å². The monoisotopic (exact) mass is 248 g/mol. The summed E-state index contributed by atoms with van der Waals surface area (Å²) in [6.07, 6.45) is 4.75. The summed E-state index contributed by atoms with van der Waals surface area (Å²) >= 11 is 0. The van der Waals surface area contributed by atoms with Crippen molar-refractivity contribution in [2.24, 2.45) is 13.0 Å². The van der Waals surface area contributed by atoms with E-state index in [0.717, 1.165) is 5.92 Å². The Kier molecular flexibility index (Phi) is 3.16. The van der Waals surface area contributed by atoms with Gasteiger partial charge in [0.25, 0.3) is 0 Å². The van der Waals surface area contributed by atoms with Crippen molar-refractivity contribution in [3.05, 3.63) is 17.5 Å². The third-order valence-electron chi connectivity index (χ3n) is 4.86. The number of rotatable bonds is 3. The van der Waals surface area contributed by atoms with Gasteiger partial charge in [-0.15, -0.1) is 0 Å². The van der Waals surface area contributed by atoms with Gasteiger partial charge in [-0.05, 0) is 45.7 Å². The molecule has 3 aliphatic heterocycles. The average Bonchev–Trinajstić information content (AvgIpc) is 2.71. The molecule has 0 spiro atoms. The molecule has 1 aromatic rings. The Morgan fingerprint density at radius 3 is 2.61 bits per heavy atom. The third kappa shape index (κ3) is 2.08. The van der Waals surface area contributed by atoms with Gasteiger partial charge < -0.3 is 10.2 Å². The fourth-order valence-electron chi connectivity index (χ4n) is 3.51. The van der Waals surface area contributed by atoms with Gasteiger partial charge in [-0.3, -0.25) is 4.68 Å². The van der Waals surface area contributed by atoms with Gasteiger partial charge >= 0.3 is 0 Å². The maximum atomic E-state index is 4.34. The van der Waals surface area contributed by atoms with Gasteiger partial charge in [-0.25, -0.2) is 0 Å². The molecule has 4 rings (SSSR count). The molecule has 18 heavy (non-hydrogen) atoms. The molecule has 100 valence electrons. The van der Waals surface area contributed by atoms with Crippen LogP contribution in [-0.4, -0.2) is 40.4 Å². The van der Waals surface area contributed by atoms with Crippen LogP contribution in [0, 0.1) is 12.8 Å². The first kappa shape index (κ1) is 12.2. The van der Waals surface area contributed by atoms with Crippen molar-refractivity contribution in [2.75, 3.05) is 19.6 Å². The fourth-order valence-corrected chi connectivity index (χ4v) is 3.51. The average molecular weight is 248 g/mol. The van der Waals surface area contributed by atoms with E-state index in [4.69, 9.17) is 0 Å². The molecule has 1 aromatic heterocycles. The SMILES string of the molecule is Cc1c(C(C)NC2CN3CCC2CC3)cnn1C. The Morgan fingerprint density at radius 2 is 2.11 bits per heavy atom. The number of fused-ring (bicyclic) bond motifs is 3. The number of piperidine rings is 3. The first-order valence-corrected chi connectivity index (χ1v) is 7.12. The van der Waals surface area contributed by atoms with Crippen molar-refractivity contribution in [3.63, 3.8) is 0 Å². The van der Waals surface area contributed by atoms with E-state index < -0.39 is 0 Å². The molecule has 3 aliphatic rings. The van der Waals surface area contributed by atoms with Gasteiger partial charge in [-0.1, -0.05) is 0 Å². The zero-order valence-electron chi connectivity index (χ0n) is 11.7. The number of aromatic nitrogens is 2. The molecule has 4 heterocycles. The second-order valence-corrected chi connectivity index (χ2v) is 5.94. The standard InChI is InChI=1S/C14H24N4/c1-10(13-8-15-17(3)11(13)2)16-14-9-18-6-4-12(14)5-7-18/h8,10,12,14,16H,4-7,9H2,1-3H3. The lowest BCUT2D eigenvalue weighted by molar-refractivity contribution is 0.0680. The summed E-state index contributed by atoms with van der Waals surface area (Å²) in [6, 6.07) is 1.08. The van der Waals surface area contributed by atoms with E-state index in [1.165, 1.54) is 43.7 Å². The summed E-state index contributed by atoms with van der Waals surface area (Å²) in [5.74, 6) is 0.884. The highest BCUT2D eigenvalue weighted by Crippen LogP contribution is 2.29. The maximum absolute atomic E-state index is 4.34. The van der Waals surface area contributed by atoms with Crippen molar-refractivity contribution < 1.29 is 0 Å². The molecule has 0 saturated carbocycles. The summed E-state index contributed by atoms with van der Waals surface area (Å²) in [6.45, 7) is 8.26. The van der Waals surface area contributed by atoms with Crippen LogP contribution in [0.1, 0.15) is 37.1 Å². The van der Waals surface area contributed by atoms with Crippen molar-refractivity contribution >= 4 is 0 Å². The smallest absolute Gasteiger partial charge is 0.0540 e. The summed E-state index contributed by atoms with van der Waals surface area (Å²) in [4.78, 5) is 2.60. The second-order valence-electron chi connectivity index (χ2n) is 5.94. The van der Waals surface area contributed by atoms with Gasteiger partial charge in [0.1, 0.15) is 0 Å². The molecule has 2 unspecified atom stereocenters. The highest BCUT2D eigenvalue weighted by Gasteiger charge is 2.34. The minimum atomic E-state index is 0.407. The van der Waals surface area contributed by atoms with Crippen LogP contribution < -0.4 is 5.32 Å². The molecule has 0 aromatic carbocycles. The molecule has 4 heteroatoms. The Hall–Kier alpha value is -0.870. The Labute approximate surface area is 109 Å². The number of nitrogens with one attached hydrogen (secondary N) is 1. The van der Waals surface area contributed by atoms with E-state index in [1.54, 1.807) is 0 Å². The van der Waals surface area contributed by atoms with Crippen LogP contribution in [0.2, 0.25) is 0 Å². The van der Waals surface area contributed by atoms with Crippen LogP contribution in [0.4, 0.5) is 0 Å². The first-order valence-electron chi connectivity index (χ1n) is 7.12. The van der Waals surface area contributed by atoms with Crippen molar-refractivity contribution in [3.8, 4) is 0 Å². The molecule has 0 radical (unpaired) electrons. The van der Waals surface area contributed by atoms with Crippen LogP contribution in [0.25, 0.3) is 0 Å². The van der Waals surface area contributed by atoms with Crippen LogP contribution in [0.3, 0.4) is 0 Å². The highest BCUT2D eigenvalue weighted by atomic mass is 15.3. The third-order valence-corrected chi connectivity index (χ3v) is 4.86. The van der Waals surface area contributed by atoms with Crippen molar-refractivity contribution in [1.82, 2.24) is 20.0 Å². The number of hydrogen-bond acceptors (Lipinski definition) is 3. The molecular weight excluding hydrogens is 224 g/mol. The van der Waals surface area contributed by atoms with E-state index in [-0.39, 0.29) is 0 Å². The maximum Gasteiger partial charge on any atom is 0.0540 e. The molecule has 4 nitrogen and oxygen atoms in total. The summed E-state index contributed by atoms with van der Waals surface area (Å²) in [5, 5.41) is 8.17. The van der Waals surface area contributed by atoms with E-state index >= 15 is 0 Å². The van der Waals surface area contributed by atoms with E-state index in [1.807, 2.05) is 17.9 Å². The minimum Gasteiger partial charge on any atom is -0.306 e. The van der Waals surface area contributed by atoms with Gasteiger partial charge in [0.2, 0.25) is 0 Å². The van der Waals surface area contributed by atoms with Gasteiger partial charge in [0.15, 0.2) is 0 Å². The van der Waals surface area contributed by atoms with E-state index in [9.17, 15) is 0 Å². The minimum absolute atomic E-state index is 0.407. The van der Waals surface area contributed by atoms with Crippen LogP contribution in [0.5, 0.6) is 0 Å². The summed E-state index contributed by atoms with van der Waals surface area (Å²) < 4.78 is 1.96. The molecule has 3 fully saturated rings. The molecule has 1 N–H and O–H groups in total. The van der Waals surface area contributed by atoms with Gasteiger partial charge in [0, 0.05) is 36.9 Å². The summed E-state index contributed by atoms with van der Waals surface area (Å²) in [5.41, 5.74) is 2.62. The van der Waals surface area contributed by atoms with Crippen LogP contribution in [0.15, 0.2) is 6.20 Å². The highest BCUT2D eigenvalue weighted by molar-refractivity contribution is 5.20. The lowest BCUT2D eigenvalue weighted by Crippen LogP contribution is -2.56. The molecule has 2 atom stereocenters. The largest absolute Gasteiger partial charge is 0.306 e. The Balaban J connectivity index is 1.67. The number of hydrogen-bond donors (Lipinski definition) is 1. The molecule has 3 saturated heterocycles.